The highest BCUT2D eigenvalue weighted by Crippen LogP contribution is 2.33. The summed E-state index contributed by atoms with van der Waals surface area (Å²) in [6.07, 6.45) is 5.30. The first kappa shape index (κ1) is 23.4. The fourth-order valence-corrected chi connectivity index (χ4v) is 4.29. The number of rotatable bonds is 4. The molecule has 0 saturated carbocycles. The van der Waals surface area contributed by atoms with Crippen molar-refractivity contribution in [2.75, 3.05) is 13.1 Å². The monoisotopic (exact) mass is 470 g/mol. The molecule has 1 fully saturated rings. The van der Waals surface area contributed by atoms with Gasteiger partial charge >= 0.3 is 6.09 Å². The van der Waals surface area contributed by atoms with Gasteiger partial charge < -0.3 is 14.4 Å². The largest absolute Gasteiger partial charge is 0.491 e. The van der Waals surface area contributed by atoms with E-state index in [1.165, 1.54) is 0 Å². The lowest BCUT2D eigenvalue weighted by Gasteiger charge is -2.34. The third kappa shape index (κ3) is 5.58. The zero-order valence-electron chi connectivity index (χ0n) is 19.8. The van der Waals surface area contributed by atoms with Gasteiger partial charge in [0.05, 0.1) is 23.5 Å². The van der Waals surface area contributed by atoms with Gasteiger partial charge in [-0.15, -0.1) is 0 Å². The predicted octanol–water partition coefficient (Wildman–Crippen LogP) is 5.95. The molecule has 3 aromatic heterocycles. The molecule has 1 aliphatic rings. The number of amides is 1. The van der Waals surface area contributed by atoms with Crippen molar-refractivity contribution in [3.05, 3.63) is 47.4 Å². The summed E-state index contributed by atoms with van der Waals surface area (Å²) in [5.74, 6) is 0.868. The van der Waals surface area contributed by atoms with Gasteiger partial charge in [0.2, 0.25) is 0 Å². The number of hydrogen-bond acceptors (Lipinski definition) is 5. The maximum absolute atomic E-state index is 12.6. The van der Waals surface area contributed by atoms with Crippen LogP contribution in [0.4, 0.5) is 4.79 Å². The van der Waals surface area contributed by atoms with Crippen molar-refractivity contribution in [2.45, 2.75) is 65.1 Å². The van der Waals surface area contributed by atoms with Gasteiger partial charge in [0.25, 0.3) is 0 Å². The number of aromatic nitrogens is 3. The van der Waals surface area contributed by atoms with E-state index in [2.05, 4.69) is 5.10 Å². The Bertz CT molecular complexity index is 1150. The quantitative estimate of drug-likeness (QED) is 0.471. The minimum atomic E-state index is -0.521. The molecule has 1 saturated heterocycles. The molecule has 0 bridgehead atoms. The predicted molar refractivity (Wildman–Crippen MR) is 129 cm³/mol. The van der Waals surface area contributed by atoms with E-state index >= 15 is 0 Å². The van der Waals surface area contributed by atoms with E-state index in [9.17, 15) is 4.79 Å². The summed E-state index contributed by atoms with van der Waals surface area (Å²) in [6, 6.07) is 7.61. The Morgan fingerprint density at radius 2 is 2.03 bits per heavy atom. The highest BCUT2D eigenvalue weighted by Gasteiger charge is 2.29. The first-order valence-corrected chi connectivity index (χ1v) is 11.8. The molecule has 1 aliphatic heterocycles. The van der Waals surface area contributed by atoms with Gasteiger partial charge in [-0.25, -0.2) is 9.31 Å². The Kier molecular flexibility index (Phi) is 6.52. The van der Waals surface area contributed by atoms with Crippen molar-refractivity contribution >= 4 is 23.2 Å². The molecule has 0 radical (unpaired) electrons. The molecule has 4 rings (SSSR count). The molecule has 176 valence electrons. The number of nitrogens with zero attached hydrogens (tertiary/aromatic N) is 4. The average Bonchev–Trinajstić information content (AvgIpc) is 3.15. The summed E-state index contributed by atoms with van der Waals surface area (Å²) in [5, 5.41) is 5.07. The number of fused-ring (bicyclic) bond motifs is 1. The minimum absolute atomic E-state index is 0.0777. The fraction of sp³-hybridized carbons (Fsp3) is 0.480. The summed E-state index contributed by atoms with van der Waals surface area (Å²) in [5.41, 5.74) is 2.89. The molecule has 0 N–H and O–H groups in total. The van der Waals surface area contributed by atoms with Crippen LogP contribution >= 0.6 is 11.6 Å². The number of carbonyl (C=O) groups is 1. The van der Waals surface area contributed by atoms with Crippen LogP contribution in [0.25, 0.3) is 16.8 Å². The highest BCUT2D eigenvalue weighted by molar-refractivity contribution is 6.30. The van der Waals surface area contributed by atoms with Gasteiger partial charge in [0.1, 0.15) is 11.4 Å². The van der Waals surface area contributed by atoms with Crippen LogP contribution in [0.1, 0.15) is 59.1 Å². The third-order valence-electron chi connectivity index (χ3n) is 5.44. The van der Waals surface area contributed by atoms with Crippen molar-refractivity contribution in [3.8, 4) is 17.0 Å². The Hall–Kier alpha value is -2.80. The summed E-state index contributed by atoms with van der Waals surface area (Å²) in [6.45, 7) is 10.9. The number of halogens is 1. The van der Waals surface area contributed by atoms with Gasteiger partial charge in [-0.1, -0.05) is 11.6 Å². The van der Waals surface area contributed by atoms with Crippen molar-refractivity contribution in [2.24, 2.45) is 0 Å². The van der Waals surface area contributed by atoms with Crippen LogP contribution in [0.5, 0.6) is 5.75 Å². The van der Waals surface area contributed by atoms with Crippen LogP contribution in [0.3, 0.4) is 0 Å². The van der Waals surface area contributed by atoms with E-state index in [4.69, 9.17) is 26.1 Å². The third-order valence-corrected chi connectivity index (χ3v) is 5.66. The molecule has 1 amide bonds. The number of pyridine rings is 2. The molecular formula is C25H31ClN4O3. The topological polar surface area (TPSA) is 69.0 Å². The highest BCUT2D eigenvalue weighted by atomic mass is 35.5. The van der Waals surface area contributed by atoms with E-state index < -0.39 is 5.60 Å². The first-order chi connectivity index (χ1) is 15.6. The number of carbonyl (C=O) groups excluding carboxylic acids is 1. The number of piperidine rings is 1. The minimum Gasteiger partial charge on any atom is -0.491 e. The Labute approximate surface area is 199 Å². The smallest absolute Gasteiger partial charge is 0.410 e. The molecule has 3 aromatic rings. The van der Waals surface area contributed by atoms with E-state index in [1.807, 2.05) is 65.1 Å². The average molecular weight is 471 g/mol. The first-order valence-electron chi connectivity index (χ1n) is 11.4. The molecule has 33 heavy (non-hydrogen) atoms. The van der Waals surface area contributed by atoms with Gasteiger partial charge in [-0.2, -0.15) is 5.10 Å². The lowest BCUT2D eigenvalue weighted by molar-refractivity contribution is 0.0197. The molecular weight excluding hydrogens is 440 g/mol. The van der Waals surface area contributed by atoms with Crippen LogP contribution in [-0.2, 0) is 4.74 Å². The molecule has 8 heteroatoms. The van der Waals surface area contributed by atoms with Gasteiger partial charge in [0.15, 0.2) is 0 Å². The fourth-order valence-electron chi connectivity index (χ4n) is 4.08. The van der Waals surface area contributed by atoms with Gasteiger partial charge in [-0.05, 0) is 65.7 Å². The zero-order valence-corrected chi connectivity index (χ0v) is 20.6. The molecule has 0 spiro atoms. The van der Waals surface area contributed by atoms with E-state index in [0.29, 0.717) is 18.1 Å². The molecule has 0 aromatic carbocycles. The second-order valence-corrected chi connectivity index (χ2v) is 10.2. The standard InChI is InChI=1S/C25H31ClN4O3/c1-16(2)32-19-8-10-30-23(13-19)20(14-27-30)22-12-18(26)11-21(28-22)17-7-6-9-29(15-17)24(31)33-25(3,4)5/h8,10-14,16-17H,6-7,9,15H2,1-5H3. The normalized spacial score (nSPS) is 16.9. The molecule has 4 heterocycles. The van der Waals surface area contributed by atoms with Crippen molar-refractivity contribution in [1.29, 1.82) is 0 Å². The van der Waals surface area contributed by atoms with E-state index in [0.717, 1.165) is 41.1 Å². The van der Waals surface area contributed by atoms with Crippen molar-refractivity contribution < 1.29 is 14.3 Å². The van der Waals surface area contributed by atoms with Crippen molar-refractivity contribution in [1.82, 2.24) is 19.5 Å². The number of hydrogen-bond donors (Lipinski definition) is 0. The Morgan fingerprint density at radius 1 is 1.24 bits per heavy atom. The summed E-state index contributed by atoms with van der Waals surface area (Å²) in [7, 11) is 0. The van der Waals surface area contributed by atoms with Gasteiger partial charge in [-0.3, -0.25) is 4.98 Å². The Balaban J connectivity index is 1.63. The SMILES string of the molecule is CC(C)Oc1ccn2ncc(-c3cc(Cl)cc(C4CCCN(C(=O)OC(C)(C)C)C4)n3)c2c1. The van der Waals surface area contributed by atoms with Crippen LogP contribution in [0, 0.1) is 0 Å². The van der Waals surface area contributed by atoms with E-state index in [1.54, 1.807) is 15.6 Å². The van der Waals surface area contributed by atoms with Crippen molar-refractivity contribution in [3.63, 3.8) is 0 Å². The van der Waals surface area contributed by atoms with Crippen LogP contribution < -0.4 is 4.74 Å². The van der Waals surface area contributed by atoms with Crippen LogP contribution in [0.2, 0.25) is 5.02 Å². The second-order valence-electron chi connectivity index (χ2n) is 9.78. The lowest BCUT2D eigenvalue weighted by atomic mass is 9.94. The van der Waals surface area contributed by atoms with Crippen LogP contribution in [-0.4, -0.2) is 50.4 Å². The lowest BCUT2D eigenvalue weighted by Crippen LogP contribution is -2.42. The summed E-state index contributed by atoms with van der Waals surface area (Å²) >= 11 is 6.53. The maximum atomic E-state index is 12.6. The van der Waals surface area contributed by atoms with Gasteiger partial charge in [0, 0.05) is 47.6 Å². The molecule has 7 nitrogen and oxygen atoms in total. The number of likely N-dealkylation sites (tertiary alicyclic amines) is 1. The zero-order chi connectivity index (χ0) is 23.8. The van der Waals surface area contributed by atoms with E-state index in [-0.39, 0.29) is 18.1 Å². The summed E-state index contributed by atoms with van der Waals surface area (Å²) < 4.78 is 13.2. The van der Waals surface area contributed by atoms with Crippen LogP contribution in [0.15, 0.2) is 36.7 Å². The number of ether oxygens (including phenoxy) is 2. The Morgan fingerprint density at radius 3 is 2.76 bits per heavy atom. The molecule has 1 atom stereocenters. The summed E-state index contributed by atoms with van der Waals surface area (Å²) in [4.78, 5) is 19.3. The molecule has 0 aliphatic carbocycles. The maximum Gasteiger partial charge on any atom is 0.410 e. The second kappa shape index (κ2) is 9.21. The molecule has 1 unspecified atom stereocenters.